The van der Waals surface area contributed by atoms with Crippen molar-refractivity contribution < 1.29 is 9.53 Å². The van der Waals surface area contributed by atoms with Crippen LogP contribution in [0, 0.1) is 0 Å². The molecule has 1 aromatic carbocycles. The highest BCUT2D eigenvalue weighted by Gasteiger charge is 2.23. The molecule has 0 heterocycles. The SMILES string of the molecule is CCC(C)NC(C(=O)OC)c1cc(Cl)cc(Cl)c1. The zero-order chi connectivity index (χ0) is 13.7. The van der Waals surface area contributed by atoms with Crippen LogP contribution in [0.5, 0.6) is 0 Å². The van der Waals surface area contributed by atoms with E-state index in [0.717, 1.165) is 6.42 Å². The molecule has 1 rings (SSSR count). The van der Waals surface area contributed by atoms with Gasteiger partial charge < -0.3 is 4.74 Å². The molecule has 0 amide bonds. The predicted molar refractivity (Wildman–Crippen MR) is 74.1 cm³/mol. The number of esters is 1. The Bertz CT molecular complexity index is 403. The van der Waals surface area contributed by atoms with E-state index < -0.39 is 6.04 Å². The number of halogens is 2. The van der Waals surface area contributed by atoms with Crippen molar-refractivity contribution in [3.8, 4) is 0 Å². The highest BCUT2D eigenvalue weighted by molar-refractivity contribution is 6.34. The standard InChI is InChI=1S/C13H17Cl2NO2/c1-4-8(2)16-12(13(17)18-3)9-5-10(14)7-11(15)6-9/h5-8,12,16H,4H2,1-3H3. The minimum atomic E-state index is -0.554. The van der Waals surface area contributed by atoms with Crippen LogP contribution in [0.25, 0.3) is 0 Å². The quantitative estimate of drug-likeness (QED) is 0.842. The van der Waals surface area contributed by atoms with Crippen LogP contribution in [-0.4, -0.2) is 19.1 Å². The smallest absolute Gasteiger partial charge is 0.327 e. The lowest BCUT2D eigenvalue weighted by Crippen LogP contribution is -2.35. The Labute approximate surface area is 117 Å². The van der Waals surface area contributed by atoms with Gasteiger partial charge in [0, 0.05) is 16.1 Å². The Hall–Kier alpha value is -0.770. The molecule has 0 spiro atoms. The molecule has 0 aromatic heterocycles. The molecule has 100 valence electrons. The van der Waals surface area contributed by atoms with E-state index in [4.69, 9.17) is 27.9 Å². The van der Waals surface area contributed by atoms with Crippen LogP contribution in [0.15, 0.2) is 18.2 Å². The van der Waals surface area contributed by atoms with Gasteiger partial charge in [-0.15, -0.1) is 0 Å². The number of ether oxygens (including phenoxy) is 1. The average Bonchev–Trinajstić information content (AvgIpc) is 2.33. The summed E-state index contributed by atoms with van der Waals surface area (Å²) in [7, 11) is 1.36. The molecule has 0 bridgehead atoms. The Balaban J connectivity index is 3.04. The van der Waals surface area contributed by atoms with Gasteiger partial charge in [0.15, 0.2) is 0 Å². The molecule has 2 atom stereocenters. The minimum absolute atomic E-state index is 0.187. The van der Waals surface area contributed by atoms with Gasteiger partial charge in [-0.1, -0.05) is 30.1 Å². The van der Waals surface area contributed by atoms with Gasteiger partial charge >= 0.3 is 5.97 Å². The van der Waals surface area contributed by atoms with E-state index in [-0.39, 0.29) is 12.0 Å². The third kappa shape index (κ3) is 4.16. The summed E-state index contributed by atoms with van der Waals surface area (Å²) in [6, 6.07) is 4.69. The molecule has 0 aliphatic rings. The van der Waals surface area contributed by atoms with Crippen molar-refractivity contribution in [3.63, 3.8) is 0 Å². The monoisotopic (exact) mass is 289 g/mol. The fraction of sp³-hybridized carbons (Fsp3) is 0.462. The summed E-state index contributed by atoms with van der Waals surface area (Å²) in [6.45, 7) is 4.04. The zero-order valence-corrected chi connectivity index (χ0v) is 12.2. The largest absolute Gasteiger partial charge is 0.468 e. The van der Waals surface area contributed by atoms with Gasteiger partial charge in [0.05, 0.1) is 7.11 Å². The van der Waals surface area contributed by atoms with Gasteiger partial charge in [0.2, 0.25) is 0 Å². The van der Waals surface area contributed by atoms with Crippen LogP contribution in [-0.2, 0) is 9.53 Å². The molecular formula is C13H17Cl2NO2. The topological polar surface area (TPSA) is 38.3 Å². The summed E-state index contributed by atoms with van der Waals surface area (Å²) in [5.41, 5.74) is 0.708. The van der Waals surface area contributed by atoms with Crippen molar-refractivity contribution in [3.05, 3.63) is 33.8 Å². The molecular weight excluding hydrogens is 273 g/mol. The summed E-state index contributed by atoms with van der Waals surface area (Å²) < 4.78 is 4.80. The van der Waals surface area contributed by atoms with Crippen molar-refractivity contribution >= 4 is 29.2 Å². The van der Waals surface area contributed by atoms with E-state index in [2.05, 4.69) is 5.32 Å². The first kappa shape index (κ1) is 15.3. The lowest BCUT2D eigenvalue weighted by molar-refractivity contribution is -0.143. The van der Waals surface area contributed by atoms with Crippen LogP contribution in [0.2, 0.25) is 10.0 Å². The number of nitrogens with one attached hydrogen (secondary N) is 1. The number of carbonyl (C=O) groups excluding carboxylic acids is 1. The third-order valence-corrected chi connectivity index (χ3v) is 3.16. The van der Waals surface area contributed by atoms with Crippen molar-refractivity contribution in [1.82, 2.24) is 5.32 Å². The molecule has 5 heteroatoms. The first-order valence-corrected chi connectivity index (χ1v) is 6.53. The maximum atomic E-state index is 11.8. The molecule has 3 nitrogen and oxygen atoms in total. The second-order valence-electron chi connectivity index (χ2n) is 4.13. The lowest BCUT2D eigenvalue weighted by atomic mass is 10.1. The van der Waals surface area contributed by atoms with Gasteiger partial charge in [-0.2, -0.15) is 0 Å². The maximum absolute atomic E-state index is 11.8. The molecule has 0 radical (unpaired) electrons. The van der Waals surface area contributed by atoms with Crippen LogP contribution >= 0.6 is 23.2 Å². The average molecular weight is 290 g/mol. The fourth-order valence-electron chi connectivity index (χ4n) is 1.56. The van der Waals surface area contributed by atoms with E-state index in [9.17, 15) is 4.79 Å². The Morgan fingerprint density at radius 2 is 1.89 bits per heavy atom. The second-order valence-corrected chi connectivity index (χ2v) is 5.01. The Morgan fingerprint density at radius 3 is 2.33 bits per heavy atom. The van der Waals surface area contributed by atoms with E-state index >= 15 is 0 Å². The van der Waals surface area contributed by atoms with E-state index in [1.54, 1.807) is 18.2 Å². The number of benzene rings is 1. The molecule has 0 aliphatic heterocycles. The van der Waals surface area contributed by atoms with Crippen molar-refractivity contribution in [1.29, 1.82) is 0 Å². The van der Waals surface area contributed by atoms with Gasteiger partial charge in [0.25, 0.3) is 0 Å². The molecule has 0 saturated heterocycles. The highest BCUT2D eigenvalue weighted by Crippen LogP contribution is 2.24. The van der Waals surface area contributed by atoms with Crippen LogP contribution in [0.3, 0.4) is 0 Å². The van der Waals surface area contributed by atoms with Crippen molar-refractivity contribution in [2.75, 3.05) is 7.11 Å². The zero-order valence-electron chi connectivity index (χ0n) is 10.7. The lowest BCUT2D eigenvalue weighted by Gasteiger charge is -2.21. The summed E-state index contributed by atoms with van der Waals surface area (Å²) >= 11 is 11.9. The van der Waals surface area contributed by atoms with Crippen molar-refractivity contribution in [2.24, 2.45) is 0 Å². The van der Waals surface area contributed by atoms with Crippen LogP contribution < -0.4 is 5.32 Å². The molecule has 0 saturated carbocycles. The Kier molecular flexibility index (Phi) is 5.93. The highest BCUT2D eigenvalue weighted by atomic mass is 35.5. The number of carbonyl (C=O) groups is 1. The number of methoxy groups -OCH3 is 1. The second kappa shape index (κ2) is 6.98. The Morgan fingerprint density at radius 1 is 1.33 bits per heavy atom. The van der Waals surface area contributed by atoms with E-state index in [1.807, 2.05) is 13.8 Å². The molecule has 1 aromatic rings. The van der Waals surface area contributed by atoms with Gasteiger partial charge in [-0.25, -0.2) is 4.79 Å². The molecule has 2 unspecified atom stereocenters. The number of hydrogen-bond acceptors (Lipinski definition) is 3. The van der Waals surface area contributed by atoms with Gasteiger partial charge in [0.1, 0.15) is 6.04 Å². The maximum Gasteiger partial charge on any atom is 0.327 e. The van der Waals surface area contributed by atoms with Crippen LogP contribution in [0.1, 0.15) is 31.9 Å². The third-order valence-electron chi connectivity index (χ3n) is 2.72. The molecule has 0 fully saturated rings. The summed E-state index contributed by atoms with van der Waals surface area (Å²) in [6.07, 6.45) is 0.905. The normalized spacial score (nSPS) is 14.1. The number of rotatable bonds is 5. The van der Waals surface area contributed by atoms with E-state index in [1.165, 1.54) is 7.11 Å². The fourth-order valence-corrected chi connectivity index (χ4v) is 2.11. The first-order chi connectivity index (χ1) is 8.47. The van der Waals surface area contributed by atoms with Crippen LogP contribution in [0.4, 0.5) is 0 Å². The summed E-state index contributed by atoms with van der Waals surface area (Å²) in [4.78, 5) is 11.8. The first-order valence-electron chi connectivity index (χ1n) is 5.77. The minimum Gasteiger partial charge on any atom is -0.468 e. The molecule has 1 N–H and O–H groups in total. The summed E-state index contributed by atoms with van der Waals surface area (Å²) in [5, 5.41) is 4.19. The van der Waals surface area contributed by atoms with Gasteiger partial charge in [-0.3, -0.25) is 5.32 Å². The van der Waals surface area contributed by atoms with E-state index in [0.29, 0.717) is 15.6 Å². The predicted octanol–water partition coefficient (Wildman–Crippen LogP) is 3.60. The molecule has 18 heavy (non-hydrogen) atoms. The molecule has 0 aliphatic carbocycles. The number of hydrogen-bond donors (Lipinski definition) is 1. The summed E-state index contributed by atoms with van der Waals surface area (Å²) in [5.74, 6) is -0.353. The van der Waals surface area contributed by atoms with Gasteiger partial charge in [-0.05, 0) is 37.1 Å². The van der Waals surface area contributed by atoms with Crippen molar-refractivity contribution in [2.45, 2.75) is 32.4 Å².